The van der Waals surface area contributed by atoms with Crippen LogP contribution in [0.15, 0.2) is 47.4 Å². The van der Waals surface area contributed by atoms with Gasteiger partial charge in [0.25, 0.3) is 15.9 Å². The van der Waals surface area contributed by atoms with Crippen molar-refractivity contribution in [3.8, 4) is 5.75 Å². The maximum absolute atomic E-state index is 12.6. The van der Waals surface area contributed by atoms with Gasteiger partial charge in [0.2, 0.25) is 0 Å². The molecule has 146 valence electrons. The van der Waals surface area contributed by atoms with E-state index < -0.39 is 32.9 Å². The Balaban J connectivity index is 2.41. The van der Waals surface area contributed by atoms with Crippen molar-refractivity contribution >= 4 is 33.2 Å². The fraction of sp³-hybridized carbons (Fsp3) is 0.188. The Morgan fingerprint density at radius 3 is 2.41 bits per heavy atom. The van der Waals surface area contributed by atoms with E-state index in [0.29, 0.717) is 6.07 Å². The first-order chi connectivity index (χ1) is 12.4. The van der Waals surface area contributed by atoms with E-state index in [1.165, 1.54) is 37.2 Å². The monoisotopic (exact) mass is 422 g/mol. The molecule has 0 heterocycles. The molecule has 1 N–H and O–H groups in total. The molecule has 0 aliphatic carbocycles. The van der Waals surface area contributed by atoms with Crippen LogP contribution in [0.5, 0.6) is 5.75 Å². The molecule has 0 radical (unpaired) electrons. The number of alkyl halides is 3. The molecule has 0 aliphatic rings. The Labute approximate surface area is 158 Å². The van der Waals surface area contributed by atoms with Gasteiger partial charge < -0.3 is 9.64 Å². The normalized spacial score (nSPS) is 11.8. The van der Waals surface area contributed by atoms with Gasteiger partial charge in [-0.25, -0.2) is 8.42 Å². The molecule has 0 atom stereocenters. The number of hydrogen-bond acceptors (Lipinski definition) is 4. The van der Waals surface area contributed by atoms with Gasteiger partial charge in [0, 0.05) is 25.2 Å². The lowest BCUT2D eigenvalue weighted by Gasteiger charge is -2.16. The topological polar surface area (TPSA) is 75.7 Å². The van der Waals surface area contributed by atoms with Crippen LogP contribution in [0.3, 0.4) is 0 Å². The zero-order chi connectivity index (χ0) is 20.4. The van der Waals surface area contributed by atoms with Crippen LogP contribution in [-0.2, 0) is 10.0 Å². The molecule has 0 aromatic heterocycles. The van der Waals surface area contributed by atoms with E-state index in [0.717, 1.165) is 18.2 Å². The molecule has 0 saturated heterocycles. The van der Waals surface area contributed by atoms with E-state index in [1.54, 1.807) is 0 Å². The molecule has 2 rings (SSSR count). The van der Waals surface area contributed by atoms with E-state index in [1.807, 2.05) is 0 Å². The molecule has 1 amide bonds. The summed E-state index contributed by atoms with van der Waals surface area (Å²) in [5, 5.41) is 0.164. The first kappa shape index (κ1) is 20.8. The van der Waals surface area contributed by atoms with Crippen molar-refractivity contribution in [2.24, 2.45) is 0 Å². The smallest absolute Gasteiger partial charge is 0.406 e. The van der Waals surface area contributed by atoms with Crippen LogP contribution >= 0.6 is 11.6 Å². The lowest BCUT2D eigenvalue weighted by atomic mass is 10.1. The molecule has 0 bridgehead atoms. The van der Waals surface area contributed by atoms with Crippen molar-refractivity contribution in [3.05, 3.63) is 53.1 Å². The predicted octanol–water partition coefficient (Wildman–Crippen LogP) is 3.74. The minimum absolute atomic E-state index is 0.0238. The summed E-state index contributed by atoms with van der Waals surface area (Å²) in [6.07, 6.45) is -4.96. The number of carbonyl (C=O) groups excluding carboxylic acids is 1. The Hall–Kier alpha value is -2.46. The number of ether oxygens (including phenoxy) is 1. The van der Waals surface area contributed by atoms with Crippen LogP contribution in [0.4, 0.5) is 18.9 Å². The number of halogens is 4. The average Bonchev–Trinajstić information content (AvgIpc) is 2.52. The third-order valence-electron chi connectivity index (χ3n) is 3.21. The van der Waals surface area contributed by atoms with E-state index in [4.69, 9.17) is 11.6 Å². The summed E-state index contributed by atoms with van der Waals surface area (Å²) in [4.78, 5) is 13.0. The highest BCUT2D eigenvalue weighted by Gasteiger charge is 2.31. The molecular formula is C16H14ClF3N2O4S. The summed E-state index contributed by atoms with van der Waals surface area (Å²) in [7, 11) is -1.36. The van der Waals surface area contributed by atoms with Crippen LogP contribution in [0.2, 0.25) is 5.02 Å². The molecule has 0 spiro atoms. The number of amides is 1. The van der Waals surface area contributed by atoms with Gasteiger partial charge >= 0.3 is 6.36 Å². The molecule has 0 unspecified atom stereocenters. The third-order valence-corrected chi connectivity index (χ3v) is 4.81. The maximum Gasteiger partial charge on any atom is 0.573 e. The first-order valence-electron chi connectivity index (χ1n) is 7.29. The number of hydrogen-bond donors (Lipinski definition) is 1. The lowest BCUT2D eigenvalue weighted by Crippen LogP contribution is -2.24. The van der Waals surface area contributed by atoms with Crippen LogP contribution in [0.25, 0.3) is 0 Å². The fourth-order valence-electron chi connectivity index (χ4n) is 2.07. The second kappa shape index (κ2) is 7.65. The molecule has 2 aromatic carbocycles. The molecule has 0 fully saturated rings. The summed E-state index contributed by atoms with van der Waals surface area (Å²) in [6, 6.07) is 7.84. The van der Waals surface area contributed by atoms with Gasteiger partial charge in [-0.15, -0.1) is 13.2 Å². The van der Waals surface area contributed by atoms with E-state index >= 15 is 0 Å². The van der Waals surface area contributed by atoms with Crippen molar-refractivity contribution in [2.45, 2.75) is 11.3 Å². The summed E-state index contributed by atoms with van der Waals surface area (Å²) in [5.41, 5.74) is -0.0842. The number of carbonyl (C=O) groups is 1. The number of rotatable bonds is 5. The van der Waals surface area contributed by atoms with E-state index in [2.05, 4.69) is 9.46 Å². The number of anilines is 1. The molecule has 0 aliphatic heterocycles. The summed E-state index contributed by atoms with van der Waals surface area (Å²) in [5.74, 6) is -1.18. The van der Waals surface area contributed by atoms with Gasteiger partial charge in [0.15, 0.2) is 0 Å². The first-order valence-corrected chi connectivity index (χ1v) is 9.15. The fourth-order valence-corrected chi connectivity index (χ4v) is 3.35. The van der Waals surface area contributed by atoms with Gasteiger partial charge in [-0.1, -0.05) is 17.7 Å². The SMILES string of the molecule is CN(C)C(=O)c1ccc(Cl)cc1NS(=O)(=O)c1cccc(OC(F)(F)F)c1. The van der Waals surface area contributed by atoms with Gasteiger partial charge in [-0.3, -0.25) is 9.52 Å². The van der Waals surface area contributed by atoms with Crippen molar-refractivity contribution < 1.29 is 31.1 Å². The van der Waals surface area contributed by atoms with Crippen molar-refractivity contribution in [1.82, 2.24) is 4.90 Å². The Morgan fingerprint density at radius 2 is 1.81 bits per heavy atom. The van der Waals surface area contributed by atoms with Crippen molar-refractivity contribution in [3.63, 3.8) is 0 Å². The second-order valence-electron chi connectivity index (χ2n) is 5.52. The minimum Gasteiger partial charge on any atom is -0.406 e. The minimum atomic E-state index is -4.96. The molecule has 27 heavy (non-hydrogen) atoms. The molecule has 11 heteroatoms. The van der Waals surface area contributed by atoms with Gasteiger partial charge in [-0.2, -0.15) is 0 Å². The summed E-state index contributed by atoms with van der Waals surface area (Å²) >= 11 is 5.87. The van der Waals surface area contributed by atoms with Crippen LogP contribution in [0.1, 0.15) is 10.4 Å². The van der Waals surface area contributed by atoms with Crippen LogP contribution in [0, 0.1) is 0 Å². The standard InChI is InChI=1S/C16H14ClF3N2O4S/c1-22(2)15(23)13-7-6-10(17)8-14(13)21-27(24,25)12-5-3-4-11(9-12)26-16(18,19)20/h3-9,21H,1-2H3. The maximum atomic E-state index is 12.6. The molecule has 6 nitrogen and oxygen atoms in total. The van der Waals surface area contributed by atoms with Gasteiger partial charge in [0.05, 0.1) is 16.1 Å². The Bertz CT molecular complexity index is 962. The number of nitrogens with zero attached hydrogens (tertiary/aromatic N) is 1. The third kappa shape index (κ3) is 5.51. The van der Waals surface area contributed by atoms with E-state index in [-0.39, 0.29) is 16.3 Å². The lowest BCUT2D eigenvalue weighted by molar-refractivity contribution is -0.274. The molecule has 2 aromatic rings. The average molecular weight is 423 g/mol. The van der Waals surface area contributed by atoms with E-state index in [9.17, 15) is 26.4 Å². The second-order valence-corrected chi connectivity index (χ2v) is 7.64. The summed E-state index contributed by atoms with van der Waals surface area (Å²) < 4.78 is 68.0. The van der Waals surface area contributed by atoms with Gasteiger partial charge in [-0.05, 0) is 30.3 Å². The van der Waals surface area contributed by atoms with Crippen LogP contribution < -0.4 is 9.46 Å². The number of sulfonamides is 1. The highest BCUT2D eigenvalue weighted by Crippen LogP contribution is 2.28. The highest BCUT2D eigenvalue weighted by molar-refractivity contribution is 7.92. The van der Waals surface area contributed by atoms with Gasteiger partial charge in [0.1, 0.15) is 5.75 Å². The molecule has 0 saturated carbocycles. The molecular weight excluding hydrogens is 409 g/mol. The van der Waals surface area contributed by atoms with Crippen molar-refractivity contribution in [2.75, 3.05) is 18.8 Å². The highest BCUT2D eigenvalue weighted by atomic mass is 35.5. The summed E-state index contributed by atoms with van der Waals surface area (Å²) in [6.45, 7) is 0. The number of benzene rings is 2. The quantitative estimate of drug-likeness (QED) is 0.796. The number of nitrogens with one attached hydrogen (secondary N) is 1. The van der Waals surface area contributed by atoms with Crippen molar-refractivity contribution in [1.29, 1.82) is 0 Å². The Morgan fingerprint density at radius 1 is 1.15 bits per heavy atom. The van der Waals surface area contributed by atoms with Crippen LogP contribution in [-0.4, -0.2) is 39.7 Å². The predicted molar refractivity (Wildman–Crippen MR) is 93.4 cm³/mol. The Kier molecular flexibility index (Phi) is 5.91. The largest absolute Gasteiger partial charge is 0.573 e. The zero-order valence-corrected chi connectivity index (χ0v) is 15.6. The zero-order valence-electron chi connectivity index (χ0n) is 14.0.